The standard InChI is InChI=1S/C11H15NO3/c1-9(7-13)12-11(14)8-15-10-5-3-2-4-6-10/h2-6,9,13H,7-8H2,1H3,(H,12,14)/t9-/m1/s1. The van der Waals surface area contributed by atoms with Gasteiger partial charge in [-0.1, -0.05) is 18.2 Å². The van der Waals surface area contributed by atoms with Crippen LogP contribution in [0.2, 0.25) is 0 Å². The van der Waals surface area contributed by atoms with Crippen LogP contribution in [0.5, 0.6) is 5.75 Å². The number of para-hydroxylation sites is 1. The highest BCUT2D eigenvalue weighted by Gasteiger charge is 2.06. The Morgan fingerprint density at radius 3 is 2.73 bits per heavy atom. The van der Waals surface area contributed by atoms with Crippen molar-refractivity contribution in [2.24, 2.45) is 0 Å². The van der Waals surface area contributed by atoms with E-state index in [0.29, 0.717) is 5.75 Å². The van der Waals surface area contributed by atoms with Crippen molar-refractivity contribution in [2.75, 3.05) is 13.2 Å². The van der Waals surface area contributed by atoms with Gasteiger partial charge in [-0.15, -0.1) is 0 Å². The largest absolute Gasteiger partial charge is 0.484 e. The second-order valence-corrected chi connectivity index (χ2v) is 3.25. The summed E-state index contributed by atoms with van der Waals surface area (Å²) in [5, 5.41) is 11.3. The number of ether oxygens (including phenoxy) is 1. The van der Waals surface area contributed by atoms with Gasteiger partial charge in [0, 0.05) is 6.04 Å². The first-order valence-electron chi connectivity index (χ1n) is 4.80. The van der Waals surface area contributed by atoms with Crippen LogP contribution in [-0.4, -0.2) is 30.3 Å². The molecule has 0 spiro atoms. The minimum Gasteiger partial charge on any atom is -0.484 e. The molecule has 0 aliphatic carbocycles. The minimum atomic E-state index is -0.239. The zero-order chi connectivity index (χ0) is 11.1. The lowest BCUT2D eigenvalue weighted by Gasteiger charge is -2.11. The number of carbonyl (C=O) groups excluding carboxylic acids is 1. The Morgan fingerprint density at radius 1 is 1.47 bits per heavy atom. The third-order valence-corrected chi connectivity index (χ3v) is 1.79. The van der Waals surface area contributed by atoms with Gasteiger partial charge in [0.15, 0.2) is 6.61 Å². The van der Waals surface area contributed by atoms with Gasteiger partial charge < -0.3 is 15.2 Å². The summed E-state index contributed by atoms with van der Waals surface area (Å²) in [4.78, 5) is 11.2. The van der Waals surface area contributed by atoms with E-state index in [-0.39, 0.29) is 25.2 Å². The number of hydrogen-bond acceptors (Lipinski definition) is 3. The van der Waals surface area contributed by atoms with Gasteiger partial charge in [-0.25, -0.2) is 0 Å². The number of carbonyl (C=O) groups is 1. The van der Waals surface area contributed by atoms with Crippen LogP contribution >= 0.6 is 0 Å². The van der Waals surface area contributed by atoms with E-state index in [2.05, 4.69) is 5.32 Å². The minimum absolute atomic E-state index is 0.0334. The zero-order valence-corrected chi connectivity index (χ0v) is 8.64. The molecule has 82 valence electrons. The van der Waals surface area contributed by atoms with Crippen LogP contribution in [0.15, 0.2) is 30.3 Å². The summed E-state index contributed by atoms with van der Waals surface area (Å²) in [6.07, 6.45) is 0. The van der Waals surface area contributed by atoms with E-state index in [1.54, 1.807) is 19.1 Å². The summed E-state index contributed by atoms with van der Waals surface area (Å²) in [6, 6.07) is 8.87. The Bertz CT molecular complexity index is 300. The molecule has 4 heteroatoms. The average Bonchev–Trinajstić information content (AvgIpc) is 2.27. The molecule has 0 aromatic heterocycles. The molecule has 1 amide bonds. The summed E-state index contributed by atoms with van der Waals surface area (Å²) < 4.78 is 5.22. The summed E-state index contributed by atoms with van der Waals surface area (Å²) >= 11 is 0. The normalized spacial score (nSPS) is 11.9. The van der Waals surface area contributed by atoms with Crippen LogP contribution in [0.25, 0.3) is 0 Å². The van der Waals surface area contributed by atoms with E-state index < -0.39 is 0 Å². The molecule has 0 radical (unpaired) electrons. The molecule has 1 aromatic rings. The van der Waals surface area contributed by atoms with E-state index in [0.717, 1.165) is 0 Å². The third-order valence-electron chi connectivity index (χ3n) is 1.79. The zero-order valence-electron chi connectivity index (χ0n) is 8.64. The number of amides is 1. The van der Waals surface area contributed by atoms with Gasteiger partial charge >= 0.3 is 0 Å². The first-order valence-corrected chi connectivity index (χ1v) is 4.80. The van der Waals surface area contributed by atoms with Crippen molar-refractivity contribution in [3.05, 3.63) is 30.3 Å². The number of benzene rings is 1. The summed E-state index contributed by atoms with van der Waals surface area (Å²) in [7, 11) is 0. The molecular weight excluding hydrogens is 194 g/mol. The Morgan fingerprint density at radius 2 is 2.13 bits per heavy atom. The van der Waals surface area contributed by atoms with Crippen molar-refractivity contribution >= 4 is 5.91 Å². The number of hydrogen-bond donors (Lipinski definition) is 2. The predicted octanol–water partition coefficient (Wildman–Crippen LogP) is 0.562. The van der Waals surface area contributed by atoms with E-state index in [1.807, 2.05) is 18.2 Å². The maximum Gasteiger partial charge on any atom is 0.258 e. The molecule has 0 unspecified atom stereocenters. The molecule has 1 atom stereocenters. The van der Waals surface area contributed by atoms with Crippen LogP contribution in [0.1, 0.15) is 6.92 Å². The highest BCUT2D eigenvalue weighted by atomic mass is 16.5. The van der Waals surface area contributed by atoms with E-state index >= 15 is 0 Å². The van der Waals surface area contributed by atoms with Crippen LogP contribution in [-0.2, 0) is 4.79 Å². The fraction of sp³-hybridized carbons (Fsp3) is 0.364. The molecule has 0 saturated carbocycles. The molecule has 2 N–H and O–H groups in total. The highest BCUT2D eigenvalue weighted by molar-refractivity contribution is 5.77. The Labute approximate surface area is 88.9 Å². The molecule has 0 bridgehead atoms. The quantitative estimate of drug-likeness (QED) is 0.745. The number of aliphatic hydroxyl groups is 1. The van der Waals surface area contributed by atoms with Gasteiger partial charge in [-0.2, -0.15) is 0 Å². The van der Waals surface area contributed by atoms with Gasteiger partial charge in [-0.3, -0.25) is 4.79 Å². The van der Waals surface area contributed by atoms with Crippen LogP contribution < -0.4 is 10.1 Å². The maximum absolute atomic E-state index is 11.2. The Hall–Kier alpha value is -1.55. The summed E-state index contributed by atoms with van der Waals surface area (Å²) in [6.45, 7) is 1.62. The smallest absolute Gasteiger partial charge is 0.258 e. The van der Waals surface area contributed by atoms with Crippen LogP contribution in [0.3, 0.4) is 0 Å². The molecule has 1 aromatic carbocycles. The molecule has 4 nitrogen and oxygen atoms in total. The highest BCUT2D eigenvalue weighted by Crippen LogP contribution is 2.07. The first-order chi connectivity index (χ1) is 7.22. The van der Waals surface area contributed by atoms with Gasteiger partial charge in [0.05, 0.1) is 6.61 Å². The van der Waals surface area contributed by atoms with E-state index in [1.165, 1.54) is 0 Å². The van der Waals surface area contributed by atoms with Crippen molar-refractivity contribution < 1.29 is 14.6 Å². The fourth-order valence-electron chi connectivity index (χ4n) is 1.03. The SMILES string of the molecule is C[C@H](CO)NC(=O)COc1ccccc1. The summed E-state index contributed by atoms with van der Waals surface area (Å²) in [5.41, 5.74) is 0. The van der Waals surface area contributed by atoms with Crippen LogP contribution in [0.4, 0.5) is 0 Å². The second kappa shape index (κ2) is 6.03. The molecule has 0 aliphatic rings. The molecule has 1 rings (SSSR count). The third kappa shape index (κ3) is 4.46. The summed E-state index contributed by atoms with van der Waals surface area (Å²) in [5.74, 6) is 0.421. The first kappa shape index (κ1) is 11.5. The molecule has 15 heavy (non-hydrogen) atoms. The molecular formula is C11H15NO3. The van der Waals surface area contributed by atoms with Gasteiger partial charge in [-0.05, 0) is 19.1 Å². The van der Waals surface area contributed by atoms with Gasteiger partial charge in [0.2, 0.25) is 0 Å². The molecule has 0 fully saturated rings. The Kier molecular flexibility index (Phi) is 4.63. The second-order valence-electron chi connectivity index (χ2n) is 3.25. The van der Waals surface area contributed by atoms with Crippen molar-refractivity contribution in [3.8, 4) is 5.75 Å². The lowest BCUT2D eigenvalue weighted by Crippen LogP contribution is -2.38. The van der Waals surface area contributed by atoms with E-state index in [4.69, 9.17) is 9.84 Å². The molecule has 0 heterocycles. The topological polar surface area (TPSA) is 58.6 Å². The number of aliphatic hydroxyl groups excluding tert-OH is 1. The van der Waals surface area contributed by atoms with Gasteiger partial charge in [0.1, 0.15) is 5.75 Å². The predicted molar refractivity (Wildman–Crippen MR) is 56.6 cm³/mol. The average molecular weight is 209 g/mol. The van der Waals surface area contributed by atoms with Crippen molar-refractivity contribution in [1.29, 1.82) is 0 Å². The van der Waals surface area contributed by atoms with Crippen molar-refractivity contribution in [1.82, 2.24) is 5.32 Å². The van der Waals surface area contributed by atoms with Gasteiger partial charge in [0.25, 0.3) is 5.91 Å². The number of rotatable bonds is 5. The molecule has 0 aliphatic heterocycles. The Balaban J connectivity index is 2.29. The fourth-order valence-corrected chi connectivity index (χ4v) is 1.03. The van der Waals surface area contributed by atoms with Crippen molar-refractivity contribution in [2.45, 2.75) is 13.0 Å². The lowest BCUT2D eigenvalue weighted by atomic mass is 10.3. The lowest BCUT2D eigenvalue weighted by molar-refractivity contribution is -0.123. The number of nitrogens with one attached hydrogen (secondary N) is 1. The molecule has 0 saturated heterocycles. The van der Waals surface area contributed by atoms with Crippen molar-refractivity contribution in [3.63, 3.8) is 0 Å². The maximum atomic E-state index is 11.2. The monoisotopic (exact) mass is 209 g/mol. The van der Waals surface area contributed by atoms with E-state index in [9.17, 15) is 4.79 Å². The van der Waals surface area contributed by atoms with Crippen LogP contribution in [0, 0.1) is 0 Å².